The van der Waals surface area contributed by atoms with Crippen molar-refractivity contribution < 1.29 is 28.2 Å². The number of benzene rings is 2. The van der Waals surface area contributed by atoms with E-state index in [9.17, 15) is 18.8 Å². The quantitative estimate of drug-likeness (QED) is 0.385. The summed E-state index contributed by atoms with van der Waals surface area (Å²) in [6.45, 7) is 1.68. The van der Waals surface area contributed by atoms with Crippen molar-refractivity contribution in [3.8, 4) is 5.75 Å². The number of hydrogen-bond donors (Lipinski definition) is 1. The topological polar surface area (TPSA) is 81.7 Å². The highest BCUT2D eigenvalue weighted by molar-refractivity contribution is 5.99. The SMILES string of the molecule is CCCCOc1ccc(C(=O)NCC(=O)OCC(=O)c2ccccc2F)cc1. The predicted octanol–water partition coefficient (Wildman–Crippen LogP) is 3.16. The summed E-state index contributed by atoms with van der Waals surface area (Å²) in [4.78, 5) is 35.6. The minimum absolute atomic E-state index is 0.152. The summed E-state index contributed by atoms with van der Waals surface area (Å²) >= 11 is 0. The van der Waals surface area contributed by atoms with E-state index in [-0.39, 0.29) is 5.56 Å². The average molecular weight is 387 g/mol. The van der Waals surface area contributed by atoms with Gasteiger partial charge in [0.05, 0.1) is 12.2 Å². The molecule has 0 aliphatic rings. The molecule has 0 spiro atoms. The van der Waals surface area contributed by atoms with Gasteiger partial charge in [-0.2, -0.15) is 0 Å². The van der Waals surface area contributed by atoms with Crippen molar-refractivity contribution in [2.45, 2.75) is 19.8 Å². The summed E-state index contributed by atoms with van der Waals surface area (Å²) in [7, 11) is 0. The number of rotatable bonds is 10. The number of amides is 1. The fourth-order valence-electron chi connectivity index (χ4n) is 2.25. The second kappa shape index (κ2) is 10.8. The number of esters is 1. The first kappa shape index (κ1) is 21.1. The largest absolute Gasteiger partial charge is 0.494 e. The van der Waals surface area contributed by atoms with Crippen LogP contribution in [0.5, 0.6) is 5.75 Å². The van der Waals surface area contributed by atoms with Crippen molar-refractivity contribution in [1.82, 2.24) is 5.32 Å². The molecular formula is C21H22FNO5. The summed E-state index contributed by atoms with van der Waals surface area (Å²) in [6.07, 6.45) is 1.98. The lowest BCUT2D eigenvalue weighted by Gasteiger charge is -2.08. The van der Waals surface area contributed by atoms with Gasteiger partial charge in [-0.3, -0.25) is 14.4 Å². The Morgan fingerprint density at radius 1 is 1.04 bits per heavy atom. The predicted molar refractivity (Wildman–Crippen MR) is 101 cm³/mol. The van der Waals surface area contributed by atoms with Crippen LogP contribution in [0.15, 0.2) is 48.5 Å². The van der Waals surface area contributed by atoms with Crippen LogP contribution < -0.4 is 10.1 Å². The van der Waals surface area contributed by atoms with Gasteiger partial charge in [-0.05, 0) is 42.8 Å². The maximum absolute atomic E-state index is 13.5. The van der Waals surface area contributed by atoms with Gasteiger partial charge in [0.25, 0.3) is 5.91 Å². The van der Waals surface area contributed by atoms with Gasteiger partial charge in [0, 0.05) is 5.56 Å². The van der Waals surface area contributed by atoms with Crippen molar-refractivity contribution in [1.29, 1.82) is 0 Å². The van der Waals surface area contributed by atoms with E-state index < -0.39 is 36.6 Å². The van der Waals surface area contributed by atoms with Crippen LogP contribution in [0.1, 0.15) is 40.5 Å². The normalized spacial score (nSPS) is 10.2. The Bertz CT molecular complexity index is 820. The van der Waals surface area contributed by atoms with Gasteiger partial charge in [-0.25, -0.2) is 4.39 Å². The molecule has 28 heavy (non-hydrogen) atoms. The van der Waals surface area contributed by atoms with Gasteiger partial charge in [0.1, 0.15) is 18.1 Å². The molecule has 6 nitrogen and oxygen atoms in total. The number of carbonyl (C=O) groups excluding carboxylic acids is 3. The van der Waals surface area contributed by atoms with Crippen molar-refractivity contribution in [3.63, 3.8) is 0 Å². The molecule has 148 valence electrons. The summed E-state index contributed by atoms with van der Waals surface area (Å²) in [6, 6.07) is 12.0. The van der Waals surface area contributed by atoms with E-state index in [1.165, 1.54) is 18.2 Å². The standard InChI is InChI=1S/C21H22FNO5/c1-2-3-12-27-16-10-8-15(9-11-16)21(26)23-13-20(25)28-14-19(24)17-6-4-5-7-18(17)22/h4-11H,2-3,12-14H2,1H3,(H,23,26). The number of ether oxygens (including phenoxy) is 2. The second-order valence-corrected chi connectivity index (χ2v) is 5.97. The molecule has 0 heterocycles. The number of nitrogens with one attached hydrogen (secondary N) is 1. The number of halogens is 1. The lowest BCUT2D eigenvalue weighted by molar-refractivity contribution is -0.141. The molecule has 0 fully saturated rings. The maximum Gasteiger partial charge on any atom is 0.325 e. The first-order valence-corrected chi connectivity index (χ1v) is 8.95. The second-order valence-electron chi connectivity index (χ2n) is 5.97. The first-order valence-electron chi connectivity index (χ1n) is 8.95. The van der Waals surface area contributed by atoms with Crippen molar-refractivity contribution in [2.24, 2.45) is 0 Å². The Kier molecular flexibility index (Phi) is 8.14. The van der Waals surface area contributed by atoms with Crippen LogP contribution in [0, 0.1) is 5.82 Å². The van der Waals surface area contributed by atoms with E-state index >= 15 is 0 Å². The molecule has 1 N–H and O–H groups in total. The van der Waals surface area contributed by atoms with Crippen LogP contribution in [0.4, 0.5) is 4.39 Å². The molecule has 0 unspecified atom stereocenters. The van der Waals surface area contributed by atoms with Crippen LogP contribution in [0.2, 0.25) is 0 Å². The molecule has 2 aromatic rings. The molecule has 7 heteroatoms. The Morgan fingerprint density at radius 3 is 2.43 bits per heavy atom. The summed E-state index contributed by atoms with van der Waals surface area (Å²) in [5.74, 6) is -1.93. The molecule has 2 aromatic carbocycles. The molecule has 0 saturated heterocycles. The average Bonchev–Trinajstić information content (AvgIpc) is 2.71. The molecule has 0 aliphatic carbocycles. The smallest absolute Gasteiger partial charge is 0.325 e. The van der Waals surface area contributed by atoms with E-state index in [1.807, 2.05) is 0 Å². The molecular weight excluding hydrogens is 365 g/mol. The van der Waals surface area contributed by atoms with Gasteiger partial charge in [-0.15, -0.1) is 0 Å². The molecule has 0 saturated carbocycles. The van der Waals surface area contributed by atoms with Crippen LogP contribution >= 0.6 is 0 Å². The highest BCUT2D eigenvalue weighted by atomic mass is 19.1. The number of Topliss-reactive ketones (excluding diaryl/α,β-unsaturated/α-hetero) is 1. The third-order valence-electron chi connectivity index (χ3n) is 3.81. The first-order chi connectivity index (χ1) is 13.5. The van der Waals surface area contributed by atoms with E-state index in [2.05, 4.69) is 12.2 Å². The Balaban J connectivity index is 1.75. The lowest BCUT2D eigenvalue weighted by atomic mass is 10.1. The fraction of sp³-hybridized carbons (Fsp3) is 0.286. The number of hydrogen-bond acceptors (Lipinski definition) is 5. The van der Waals surface area contributed by atoms with E-state index in [0.29, 0.717) is 17.9 Å². The van der Waals surface area contributed by atoms with Gasteiger partial charge < -0.3 is 14.8 Å². The Morgan fingerprint density at radius 2 is 1.75 bits per heavy atom. The summed E-state index contributed by atoms with van der Waals surface area (Å²) < 4.78 is 23.8. The van der Waals surface area contributed by atoms with Crippen molar-refractivity contribution in [2.75, 3.05) is 19.8 Å². The Hall–Kier alpha value is -3.22. The molecule has 2 rings (SSSR count). The minimum Gasteiger partial charge on any atom is -0.494 e. The van der Waals surface area contributed by atoms with E-state index in [0.717, 1.165) is 18.9 Å². The monoisotopic (exact) mass is 387 g/mol. The number of unbranched alkanes of at least 4 members (excludes halogenated alkanes) is 1. The van der Waals surface area contributed by atoms with Gasteiger partial charge in [0.2, 0.25) is 5.78 Å². The zero-order valence-electron chi connectivity index (χ0n) is 15.6. The van der Waals surface area contributed by atoms with Crippen molar-refractivity contribution >= 4 is 17.7 Å². The summed E-state index contributed by atoms with van der Waals surface area (Å²) in [5.41, 5.74) is 0.207. The van der Waals surface area contributed by atoms with Gasteiger partial charge in [-0.1, -0.05) is 25.5 Å². The highest BCUT2D eigenvalue weighted by Gasteiger charge is 2.14. The summed E-state index contributed by atoms with van der Waals surface area (Å²) in [5, 5.41) is 2.41. The molecule has 0 aromatic heterocycles. The number of carbonyl (C=O) groups is 3. The molecule has 0 atom stereocenters. The van der Waals surface area contributed by atoms with Crippen LogP contribution in [-0.2, 0) is 9.53 Å². The maximum atomic E-state index is 13.5. The van der Waals surface area contributed by atoms with Crippen LogP contribution in [-0.4, -0.2) is 37.4 Å². The number of ketones is 1. The van der Waals surface area contributed by atoms with Crippen molar-refractivity contribution in [3.05, 3.63) is 65.5 Å². The lowest BCUT2D eigenvalue weighted by Crippen LogP contribution is -2.31. The van der Waals surface area contributed by atoms with Gasteiger partial charge in [0.15, 0.2) is 6.61 Å². The fourth-order valence-corrected chi connectivity index (χ4v) is 2.25. The van der Waals surface area contributed by atoms with Crippen LogP contribution in [0.25, 0.3) is 0 Å². The third kappa shape index (κ3) is 6.50. The molecule has 1 amide bonds. The Labute approximate surface area is 162 Å². The molecule has 0 radical (unpaired) electrons. The third-order valence-corrected chi connectivity index (χ3v) is 3.81. The zero-order chi connectivity index (χ0) is 20.4. The molecule has 0 bridgehead atoms. The van der Waals surface area contributed by atoms with E-state index in [1.54, 1.807) is 24.3 Å². The molecule has 0 aliphatic heterocycles. The minimum atomic E-state index is -0.794. The van der Waals surface area contributed by atoms with Gasteiger partial charge >= 0.3 is 5.97 Å². The highest BCUT2D eigenvalue weighted by Crippen LogP contribution is 2.12. The van der Waals surface area contributed by atoms with Crippen LogP contribution in [0.3, 0.4) is 0 Å². The van der Waals surface area contributed by atoms with E-state index in [4.69, 9.17) is 9.47 Å². The zero-order valence-corrected chi connectivity index (χ0v) is 15.6.